The van der Waals surface area contributed by atoms with Gasteiger partial charge in [0.1, 0.15) is 0 Å². The van der Waals surface area contributed by atoms with Gasteiger partial charge in [0.15, 0.2) is 11.6 Å². The molecule has 0 atom stereocenters. The highest BCUT2D eigenvalue weighted by molar-refractivity contribution is 7.22. The lowest BCUT2D eigenvalue weighted by molar-refractivity contribution is 0.0980. The highest BCUT2D eigenvalue weighted by Gasteiger charge is 2.32. The van der Waals surface area contributed by atoms with Crippen molar-refractivity contribution in [3.8, 4) is 10.4 Å². The molecule has 1 heterocycles. The van der Waals surface area contributed by atoms with Crippen LogP contribution in [-0.4, -0.2) is 11.6 Å². The Morgan fingerprint density at radius 1 is 0.552 bits per heavy atom. The fourth-order valence-corrected chi connectivity index (χ4v) is 5.37. The monoisotopic (exact) mass is 390 g/mol. The van der Waals surface area contributed by atoms with Crippen LogP contribution < -0.4 is 0 Å². The van der Waals surface area contributed by atoms with Gasteiger partial charge in [-0.05, 0) is 34.4 Å². The van der Waals surface area contributed by atoms with Crippen molar-refractivity contribution in [1.82, 2.24) is 0 Å². The molecule has 0 spiro atoms. The highest BCUT2D eigenvalue weighted by Crippen LogP contribution is 2.41. The van der Waals surface area contributed by atoms with Crippen molar-refractivity contribution in [2.45, 2.75) is 0 Å². The van der Waals surface area contributed by atoms with Crippen LogP contribution in [0.4, 0.5) is 0 Å². The molecular weight excluding hydrogens is 376 g/mol. The molecule has 136 valence electrons. The number of benzene rings is 4. The first-order chi connectivity index (χ1) is 14.2. The van der Waals surface area contributed by atoms with Gasteiger partial charge in [-0.3, -0.25) is 9.59 Å². The maximum absolute atomic E-state index is 13.3. The zero-order valence-electron chi connectivity index (χ0n) is 15.3. The molecule has 2 nitrogen and oxygen atoms in total. The topological polar surface area (TPSA) is 34.1 Å². The van der Waals surface area contributed by atoms with Crippen LogP contribution in [0.2, 0.25) is 0 Å². The van der Waals surface area contributed by atoms with Gasteiger partial charge < -0.3 is 0 Å². The maximum Gasteiger partial charge on any atom is 0.195 e. The lowest BCUT2D eigenvalue weighted by atomic mass is 9.80. The van der Waals surface area contributed by atoms with Gasteiger partial charge in [0.05, 0.1) is 0 Å². The minimum atomic E-state index is -0.0803. The summed E-state index contributed by atoms with van der Waals surface area (Å²) in [6, 6.07) is 27.3. The number of fused-ring (bicyclic) bond motifs is 5. The van der Waals surface area contributed by atoms with Crippen molar-refractivity contribution in [3.63, 3.8) is 0 Å². The van der Waals surface area contributed by atoms with Crippen LogP contribution in [0.3, 0.4) is 0 Å². The number of hydrogen-bond acceptors (Lipinski definition) is 3. The fourth-order valence-electron chi connectivity index (χ4n) is 4.28. The largest absolute Gasteiger partial charge is 0.289 e. The molecule has 3 heteroatoms. The quantitative estimate of drug-likeness (QED) is 0.321. The Kier molecular flexibility index (Phi) is 3.37. The van der Waals surface area contributed by atoms with Crippen molar-refractivity contribution < 1.29 is 9.59 Å². The lowest BCUT2D eigenvalue weighted by Crippen LogP contribution is -2.21. The molecule has 29 heavy (non-hydrogen) atoms. The Labute approximate surface area is 171 Å². The normalized spacial score (nSPS) is 13.0. The smallest absolute Gasteiger partial charge is 0.195 e. The van der Waals surface area contributed by atoms with Gasteiger partial charge in [-0.25, -0.2) is 0 Å². The number of carbonyl (C=O) groups excluding carboxylic acids is 2. The van der Waals surface area contributed by atoms with Crippen LogP contribution in [0.1, 0.15) is 31.8 Å². The van der Waals surface area contributed by atoms with E-state index in [2.05, 4.69) is 18.2 Å². The molecule has 0 bridgehead atoms. The first-order valence-corrected chi connectivity index (χ1v) is 10.3. The second-order valence-electron chi connectivity index (χ2n) is 7.24. The molecule has 5 aromatic rings. The van der Waals surface area contributed by atoms with Crippen LogP contribution in [0, 0.1) is 0 Å². The van der Waals surface area contributed by atoms with Crippen molar-refractivity contribution in [2.75, 3.05) is 0 Å². The van der Waals surface area contributed by atoms with Crippen molar-refractivity contribution in [1.29, 1.82) is 0 Å². The second-order valence-corrected chi connectivity index (χ2v) is 8.33. The summed E-state index contributed by atoms with van der Waals surface area (Å²) < 4.78 is 1.21. The van der Waals surface area contributed by atoms with E-state index in [1.54, 1.807) is 23.5 Å². The summed E-state index contributed by atoms with van der Waals surface area (Å²) in [7, 11) is 0. The zero-order valence-corrected chi connectivity index (χ0v) is 16.1. The van der Waals surface area contributed by atoms with Crippen LogP contribution in [0.15, 0.2) is 84.9 Å². The molecule has 0 amide bonds. The number of carbonyl (C=O) groups is 2. The van der Waals surface area contributed by atoms with Gasteiger partial charge in [-0.1, -0.05) is 66.7 Å². The molecule has 0 N–H and O–H groups in total. The van der Waals surface area contributed by atoms with Crippen LogP contribution in [0.25, 0.3) is 31.3 Å². The van der Waals surface area contributed by atoms with Gasteiger partial charge in [0, 0.05) is 37.4 Å². The van der Waals surface area contributed by atoms with E-state index in [-0.39, 0.29) is 11.6 Å². The number of ketones is 2. The molecule has 4 aromatic carbocycles. The molecule has 1 aliphatic carbocycles. The van der Waals surface area contributed by atoms with E-state index < -0.39 is 0 Å². The number of thiophene rings is 1. The molecular formula is C26H14O2S. The summed E-state index contributed by atoms with van der Waals surface area (Å²) in [5.74, 6) is -0.155. The van der Waals surface area contributed by atoms with Gasteiger partial charge in [0.2, 0.25) is 0 Å². The lowest BCUT2D eigenvalue weighted by Gasteiger charge is -2.20. The Bertz CT molecular complexity index is 1460. The van der Waals surface area contributed by atoms with E-state index in [0.29, 0.717) is 22.3 Å². The average molecular weight is 390 g/mol. The van der Waals surface area contributed by atoms with E-state index >= 15 is 0 Å². The van der Waals surface area contributed by atoms with E-state index in [9.17, 15) is 9.59 Å². The van der Waals surface area contributed by atoms with Crippen molar-refractivity contribution >= 4 is 43.8 Å². The Morgan fingerprint density at radius 2 is 1.21 bits per heavy atom. The Balaban J connectivity index is 1.71. The van der Waals surface area contributed by atoms with Crippen LogP contribution >= 0.6 is 11.3 Å². The van der Waals surface area contributed by atoms with Crippen LogP contribution in [0.5, 0.6) is 0 Å². The molecule has 0 aliphatic heterocycles. The van der Waals surface area contributed by atoms with Gasteiger partial charge in [-0.15, -0.1) is 11.3 Å². The third-order valence-corrected chi connectivity index (χ3v) is 6.77. The summed E-state index contributed by atoms with van der Waals surface area (Å²) in [6.45, 7) is 0. The molecule has 0 saturated carbocycles. The fraction of sp³-hybridized carbons (Fsp3) is 0. The summed E-state index contributed by atoms with van der Waals surface area (Å²) >= 11 is 1.71. The Hall–Kier alpha value is -3.56. The second kappa shape index (κ2) is 5.97. The summed E-state index contributed by atoms with van der Waals surface area (Å²) in [5.41, 5.74) is 3.00. The van der Waals surface area contributed by atoms with Crippen molar-refractivity contribution in [3.05, 3.63) is 107 Å². The van der Waals surface area contributed by atoms with E-state index in [1.807, 2.05) is 54.6 Å². The molecule has 6 rings (SSSR count). The van der Waals surface area contributed by atoms with Crippen LogP contribution in [-0.2, 0) is 0 Å². The molecule has 0 radical (unpaired) electrons. The summed E-state index contributed by atoms with van der Waals surface area (Å²) in [5, 5.41) is 3.02. The predicted octanol–water partition coefficient (Wildman–Crippen LogP) is 6.50. The maximum atomic E-state index is 13.3. The third-order valence-electron chi connectivity index (χ3n) is 5.62. The first kappa shape index (κ1) is 16.4. The highest BCUT2D eigenvalue weighted by atomic mass is 32.1. The first-order valence-electron chi connectivity index (χ1n) is 9.45. The predicted molar refractivity (Wildman–Crippen MR) is 118 cm³/mol. The Morgan fingerprint density at radius 3 is 2.00 bits per heavy atom. The van der Waals surface area contributed by atoms with Crippen molar-refractivity contribution in [2.24, 2.45) is 0 Å². The van der Waals surface area contributed by atoms with E-state index in [1.165, 1.54) is 10.1 Å². The van der Waals surface area contributed by atoms with E-state index in [0.717, 1.165) is 21.2 Å². The average Bonchev–Trinajstić information content (AvgIpc) is 3.20. The molecule has 0 fully saturated rings. The van der Waals surface area contributed by atoms with Gasteiger partial charge in [0.25, 0.3) is 0 Å². The molecule has 0 saturated heterocycles. The van der Waals surface area contributed by atoms with Gasteiger partial charge >= 0.3 is 0 Å². The molecule has 0 unspecified atom stereocenters. The minimum Gasteiger partial charge on any atom is -0.289 e. The number of rotatable bonds is 1. The molecule has 1 aromatic heterocycles. The van der Waals surface area contributed by atoms with Gasteiger partial charge in [-0.2, -0.15) is 0 Å². The summed E-state index contributed by atoms with van der Waals surface area (Å²) in [4.78, 5) is 27.7. The summed E-state index contributed by atoms with van der Waals surface area (Å²) in [6.07, 6.45) is 0. The third kappa shape index (κ3) is 2.28. The SMILES string of the molecule is O=C1c2ccccc2C(=O)c2c1cc(-c1cc3ccccc3s1)c1ccccc21. The molecule has 1 aliphatic rings. The minimum absolute atomic E-state index is 0.0747. The standard InChI is InChI=1S/C26H14O2S/c27-25-18-10-4-5-11-19(18)26(28)24-17-9-3-2-8-16(17)20(14-21(24)25)23-13-15-7-1-6-12-22(15)29-23/h1-14H. The number of hydrogen-bond donors (Lipinski definition) is 0. The zero-order chi connectivity index (χ0) is 19.5. The van der Waals surface area contributed by atoms with E-state index in [4.69, 9.17) is 0 Å².